The molecule has 0 radical (unpaired) electrons. The molecular weight excluding hydrogens is 450 g/mol. The molecule has 1 fully saturated rings. The van der Waals surface area contributed by atoms with E-state index in [0.717, 1.165) is 58.9 Å². The van der Waals surface area contributed by atoms with Crippen molar-refractivity contribution in [1.82, 2.24) is 14.8 Å². The van der Waals surface area contributed by atoms with Gasteiger partial charge in [0.25, 0.3) is 5.91 Å². The van der Waals surface area contributed by atoms with Crippen LogP contribution in [0.4, 0.5) is 0 Å². The van der Waals surface area contributed by atoms with Crippen LogP contribution in [-0.4, -0.2) is 61.1 Å². The SMILES string of the molecule is COc1ccc(CN2CCN(C(=O)c3cc(-c4ccc(C)c(OC)c4)nc4ccccc34)CC2)cc1. The van der Waals surface area contributed by atoms with Gasteiger partial charge in [-0.3, -0.25) is 9.69 Å². The van der Waals surface area contributed by atoms with Gasteiger partial charge in [0.2, 0.25) is 0 Å². The lowest BCUT2D eigenvalue weighted by Gasteiger charge is -2.35. The molecule has 6 heteroatoms. The average Bonchev–Trinajstić information content (AvgIpc) is 2.93. The fourth-order valence-electron chi connectivity index (χ4n) is 4.75. The quantitative estimate of drug-likeness (QED) is 0.380. The number of piperazine rings is 1. The maximum absolute atomic E-state index is 13.8. The van der Waals surface area contributed by atoms with Crippen LogP contribution >= 0.6 is 0 Å². The molecule has 5 rings (SSSR count). The van der Waals surface area contributed by atoms with E-state index in [0.29, 0.717) is 18.7 Å². The number of para-hydroxylation sites is 1. The average molecular weight is 482 g/mol. The molecular formula is C30H31N3O3. The van der Waals surface area contributed by atoms with Crippen molar-refractivity contribution in [1.29, 1.82) is 0 Å². The Kier molecular flexibility index (Phi) is 6.87. The largest absolute Gasteiger partial charge is 0.497 e. The van der Waals surface area contributed by atoms with E-state index >= 15 is 0 Å². The van der Waals surface area contributed by atoms with Gasteiger partial charge in [0, 0.05) is 43.7 Å². The smallest absolute Gasteiger partial charge is 0.254 e. The maximum Gasteiger partial charge on any atom is 0.254 e. The Morgan fingerprint density at radius 1 is 0.889 bits per heavy atom. The molecule has 6 nitrogen and oxygen atoms in total. The first-order valence-electron chi connectivity index (χ1n) is 12.2. The first kappa shape index (κ1) is 23.8. The molecule has 1 saturated heterocycles. The van der Waals surface area contributed by atoms with Crippen LogP contribution in [0.3, 0.4) is 0 Å². The maximum atomic E-state index is 13.8. The number of benzene rings is 3. The van der Waals surface area contributed by atoms with Crippen LogP contribution in [0.1, 0.15) is 21.5 Å². The number of pyridine rings is 1. The number of carbonyl (C=O) groups is 1. The zero-order chi connectivity index (χ0) is 25.1. The van der Waals surface area contributed by atoms with E-state index in [-0.39, 0.29) is 5.91 Å². The Labute approximate surface area is 212 Å². The summed E-state index contributed by atoms with van der Waals surface area (Å²) in [5, 5.41) is 0.881. The lowest BCUT2D eigenvalue weighted by molar-refractivity contribution is 0.0630. The highest BCUT2D eigenvalue weighted by Gasteiger charge is 2.24. The molecule has 1 aromatic heterocycles. The van der Waals surface area contributed by atoms with Crippen LogP contribution in [0.5, 0.6) is 11.5 Å². The lowest BCUT2D eigenvalue weighted by atomic mass is 10.0. The summed E-state index contributed by atoms with van der Waals surface area (Å²) in [6, 6.07) is 24.0. The number of ether oxygens (including phenoxy) is 2. The Hall–Kier alpha value is -3.90. The summed E-state index contributed by atoms with van der Waals surface area (Å²) in [6.45, 7) is 5.94. The Bertz CT molecular complexity index is 1380. The van der Waals surface area contributed by atoms with E-state index in [2.05, 4.69) is 17.0 Å². The number of fused-ring (bicyclic) bond motifs is 1. The molecule has 1 amide bonds. The first-order chi connectivity index (χ1) is 17.6. The van der Waals surface area contributed by atoms with Crippen LogP contribution in [-0.2, 0) is 6.54 Å². The molecule has 2 heterocycles. The molecule has 0 spiro atoms. The van der Waals surface area contributed by atoms with Crippen molar-refractivity contribution in [2.45, 2.75) is 13.5 Å². The number of carbonyl (C=O) groups excluding carboxylic acids is 1. The van der Waals surface area contributed by atoms with Gasteiger partial charge in [-0.15, -0.1) is 0 Å². The number of amides is 1. The summed E-state index contributed by atoms with van der Waals surface area (Å²) >= 11 is 0. The third kappa shape index (κ3) is 4.90. The van der Waals surface area contributed by atoms with Gasteiger partial charge in [0.15, 0.2) is 0 Å². The van der Waals surface area contributed by atoms with Crippen molar-refractivity contribution >= 4 is 16.8 Å². The minimum absolute atomic E-state index is 0.0537. The number of hydrogen-bond acceptors (Lipinski definition) is 5. The molecule has 0 saturated carbocycles. The molecule has 184 valence electrons. The van der Waals surface area contributed by atoms with Crippen LogP contribution in [0, 0.1) is 6.92 Å². The van der Waals surface area contributed by atoms with E-state index in [1.54, 1.807) is 14.2 Å². The number of aromatic nitrogens is 1. The van der Waals surface area contributed by atoms with Gasteiger partial charge in [-0.05, 0) is 48.4 Å². The molecule has 36 heavy (non-hydrogen) atoms. The van der Waals surface area contributed by atoms with Crippen LogP contribution < -0.4 is 9.47 Å². The summed E-state index contributed by atoms with van der Waals surface area (Å²) in [6.07, 6.45) is 0. The van der Waals surface area contributed by atoms with Crippen molar-refractivity contribution in [3.63, 3.8) is 0 Å². The van der Waals surface area contributed by atoms with Gasteiger partial charge < -0.3 is 14.4 Å². The minimum Gasteiger partial charge on any atom is -0.497 e. The highest BCUT2D eigenvalue weighted by atomic mass is 16.5. The van der Waals surface area contributed by atoms with E-state index in [4.69, 9.17) is 14.5 Å². The van der Waals surface area contributed by atoms with E-state index in [1.807, 2.05) is 72.5 Å². The summed E-state index contributed by atoms with van der Waals surface area (Å²) in [4.78, 5) is 23.0. The normalized spacial score (nSPS) is 14.1. The monoisotopic (exact) mass is 481 g/mol. The molecule has 0 aliphatic carbocycles. The molecule has 0 atom stereocenters. The predicted octanol–water partition coefficient (Wildman–Crippen LogP) is 5.19. The molecule has 3 aromatic carbocycles. The van der Waals surface area contributed by atoms with E-state index < -0.39 is 0 Å². The highest BCUT2D eigenvalue weighted by molar-refractivity contribution is 6.07. The standard InChI is InChI=1S/C30H31N3O3/c1-21-8-11-23(18-29(21)36-3)28-19-26(25-6-4-5-7-27(25)31-28)30(34)33-16-14-32(15-17-33)20-22-9-12-24(35-2)13-10-22/h4-13,18-19H,14-17,20H2,1-3H3. The lowest BCUT2D eigenvalue weighted by Crippen LogP contribution is -2.48. The van der Waals surface area contributed by atoms with Crippen LogP contribution in [0.25, 0.3) is 22.2 Å². The molecule has 4 aromatic rings. The van der Waals surface area contributed by atoms with Crippen molar-refractivity contribution < 1.29 is 14.3 Å². The molecule has 1 aliphatic rings. The molecule has 0 bridgehead atoms. The molecule has 1 aliphatic heterocycles. The second-order valence-corrected chi connectivity index (χ2v) is 9.17. The van der Waals surface area contributed by atoms with Crippen molar-refractivity contribution in [2.75, 3.05) is 40.4 Å². The summed E-state index contributed by atoms with van der Waals surface area (Å²) in [5.74, 6) is 1.73. The van der Waals surface area contributed by atoms with Crippen molar-refractivity contribution in [3.05, 3.63) is 89.5 Å². The van der Waals surface area contributed by atoms with Gasteiger partial charge in [0.1, 0.15) is 11.5 Å². The molecule has 0 N–H and O–H groups in total. The Morgan fingerprint density at radius 3 is 2.36 bits per heavy atom. The highest BCUT2D eigenvalue weighted by Crippen LogP contribution is 2.30. The number of rotatable bonds is 6. The van der Waals surface area contributed by atoms with Gasteiger partial charge in [-0.2, -0.15) is 0 Å². The minimum atomic E-state index is 0.0537. The number of methoxy groups -OCH3 is 2. The first-order valence-corrected chi connectivity index (χ1v) is 12.2. The topological polar surface area (TPSA) is 54.9 Å². The zero-order valence-electron chi connectivity index (χ0n) is 21.0. The van der Waals surface area contributed by atoms with E-state index in [1.165, 1.54) is 5.56 Å². The van der Waals surface area contributed by atoms with Crippen LogP contribution in [0.15, 0.2) is 72.8 Å². The van der Waals surface area contributed by atoms with Gasteiger partial charge in [-0.25, -0.2) is 4.98 Å². The van der Waals surface area contributed by atoms with Gasteiger partial charge >= 0.3 is 0 Å². The predicted molar refractivity (Wildman–Crippen MR) is 143 cm³/mol. The Balaban J connectivity index is 1.37. The zero-order valence-corrected chi connectivity index (χ0v) is 21.0. The second kappa shape index (κ2) is 10.4. The third-order valence-corrected chi connectivity index (χ3v) is 6.88. The third-order valence-electron chi connectivity index (χ3n) is 6.88. The fourth-order valence-corrected chi connectivity index (χ4v) is 4.75. The summed E-state index contributed by atoms with van der Waals surface area (Å²) < 4.78 is 10.8. The van der Waals surface area contributed by atoms with Crippen molar-refractivity contribution in [3.8, 4) is 22.8 Å². The number of nitrogens with zero attached hydrogens (tertiary/aromatic N) is 3. The van der Waals surface area contributed by atoms with Crippen LogP contribution in [0.2, 0.25) is 0 Å². The number of hydrogen-bond donors (Lipinski definition) is 0. The van der Waals surface area contributed by atoms with Gasteiger partial charge in [-0.1, -0.05) is 42.5 Å². The van der Waals surface area contributed by atoms with E-state index in [9.17, 15) is 4.79 Å². The number of aryl methyl sites for hydroxylation is 1. The van der Waals surface area contributed by atoms with Crippen molar-refractivity contribution in [2.24, 2.45) is 0 Å². The Morgan fingerprint density at radius 2 is 1.64 bits per heavy atom. The summed E-state index contributed by atoms with van der Waals surface area (Å²) in [7, 11) is 3.35. The summed E-state index contributed by atoms with van der Waals surface area (Å²) in [5.41, 5.74) is 5.52. The second-order valence-electron chi connectivity index (χ2n) is 9.17. The van der Waals surface area contributed by atoms with Gasteiger partial charge in [0.05, 0.1) is 31.0 Å². The molecule has 0 unspecified atom stereocenters. The fraction of sp³-hybridized carbons (Fsp3) is 0.267.